The second-order valence-electron chi connectivity index (χ2n) is 5.04. The summed E-state index contributed by atoms with van der Waals surface area (Å²) in [7, 11) is 0. The molecule has 21 heavy (non-hydrogen) atoms. The topological polar surface area (TPSA) is 54.2 Å². The van der Waals surface area contributed by atoms with Gasteiger partial charge in [0.05, 0.1) is 16.6 Å². The molecule has 112 valence electrons. The van der Waals surface area contributed by atoms with Crippen LogP contribution in [-0.4, -0.2) is 41.2 Å². The third-order valence-corrected chi connectivity index (χ3v) is 4.48. The largest absolute Gasteiger partial charge is 0.334 e. The normalized spacial score (nSPS) is 17.9. The van der Waals surface area contributed by atoms with E-state index in [9.17, 15) is 0 Å². The Kier molecular flexibility index (Phi) is 4.59. The second-order valence-corrected chi connectivity index (χ2v) is 6.37. The highest BCUT2D eigenvalue weighted by Gasteiger charge is 2.23. The lowest BCUT2D eigenvalue weighted by Gasteiger charge is -2.30. The number of benzene rings is 1. The summed E-state index contributed by atoms with van der Waals surface area (Å²) in [6, 6.07) is 5.74. The van der Waals surface area contributed by atoms with Gasteiger partial charge in [0.1, 0.15) is 0 Å². The van der Waals surface area contributed by atoms with E-state index in [1.54, 1.807) is 0 Å². The maximum absolute atomic E-state index is 6.23. The quantitative estimate of drug-likeness (QED) is 0.898. The van der Waals surface area contributed by atoms with Gasteiger partial charge >= 0.3 is 0 Å². The Bertz CT molecular complexity index is 627. The zero-order valence-corrected chi connectivity index (χ0v) is 14.0. The number of hydrogen-bond donors (Lipinski definition) is 1. The van der Waals surface area contributed by atoms with Crippen LogP contribution in [0.25, 0.3) is 11.5 Å². The molecular formula is C14H16BrClN4O. The average Bonchev–Trinajstić information content (AvgIpc) is 2.97. The van der Waals surface area contributed by atoms with Gasteiger partial charge in [-0.05, 0) is 25.1 Å². The standard InChI is InChI=1S/C14H16BrClN4O/c1-9(20-6-4-17-5-7-20)13-18-14(21-19-13)11-3-2-10(15)8-12(11)16/h2-3,8-9,17H,4-7H2,1H3. The molecule has 3 rings (SSSR count). The van der Waals surface area contributed by atoms with Crippen LogP contribution in [0.5, 0.6) is 0 Å². The van der Waals surface area contributed by atoms with Crippen molar-refractivity contribution in [1.82, 2.24) is 20.4 Å². The van der Waals surface area contributed by atoms with Crippen molar-refractivity contribution in [2.75, 3.05) is 26.2 Å². The molecular weight excluding hydrogens is 356 g/mol. The molecule has 1 aliphatic heterocycles. The molecule has 5 nitrogen and oxygen atoms in total. The minimum atomic E-state index is 0.138. The first-order valence-electron chi connectivity index (χ1n) is 6.89. The van der Waals surface area contributed by atoms with Crippen LogP contribution in [-0.2, 0) is 0 Å². The van der Waals surface area contributed by atoms with Gasteiger partial charge in [-0.1, -0.05) is 32.7 Å². The monoisotopic (exact) mass is 370 g/mol. The molecule has 1 aliphatic rings. The van der Waals surface area contributed by atoms with E-state index in [0.29, 0.717) is 16.7 Å². The Morgan fingerprint density at radius 2 is 2.14 bits per heavy atom. The van der Waals surface area contributed by atoms with Crippen molar-refractivity contribution in [1.29, 1.82) is 0 Å². The highest BCUT2D eigenvalue weighted by Crippen LogP contribution is 2.30. The molecule has 0 bridgehead atoms. The summed E-state index contributed by atoms with van der Waals surface area (Å²) < 4.78 is 6.30. The summed E-state index contributed by atoms with van der Waals surface area (Å²) in [6.07, 6.45) is 0. The minimum Gasteiger partial charge on any atom is -0.334 e. The summed E-state index contributed by atoms with van der Waals surface area (Å²) in [6.45, 7) is 6.07. The summed E-state index contributed by atoms with van der Waals surface area (Å²) in [4.78, 5) is 6.85. The van der Waals surface area contributed by atoms with Crippen molar-refractivity contribution in [3.05, 3.63) is 33.5 Å². The Morgan fingerprint density at radius 1 is 1.38 bits per heavy atom. The first-order valence-corrected chi connectivity index (χ1v) is 8.06. The summed E-state index contributed by atoms with van der Waals surface area (Å²) in [5, 5.41) is 8.04. The molecule has 0 amide bonds. The van der Waals surface area contributed by atoms with Gasteiger partial charge in [-0.3, -0.25) is 4.90 Å². The zero-order valence-electron chi connectivity index (χ0n) is 11.6. The zero-order chi connectivity index (χ0) is 14.8. The Morgan fingerprint density at radius 3 is 2.86 bits per heavy atom. The van der Waals surface area contributed by atoms with Gasteiger partial charge < -0.3 is 9.84 Å². The molecule has 7 heteroatoms. The predicted molar refractivity (Wildman–Crippen MR) is 85.3 cm³/mol. The lowest BCUT2D eigenvalue weighted by Crippen LogP contribution is -2.44. The van der Waals surface area contributed by atoms with E-state index in [-0.39, 0.29) is 6.04 Å². The average molecular weight is 372 g/mol. The fourth-order valence-corrected chi connectivity index (χ4v) is 3.16. The number of hydrogen-bond acceptors (Lipinski definition) is 5. The summed E-state index contributed by atoms with van der Waals surface area (Å²) in [5.41, 5.74) is 0.756. The number of nitrogens with one attached hydrogen (secondary N) is 1. The fourth-order valence-electron chi connectivity index (χ4n) is 2.41. The Hall–Kier alpha value is -0.950. The minimum absolute atomic E-state index is 0.138. The van der Waals surface area contributed by atoms with Crippen molar-refractivity contribution in [2.45, 2.75) is 13.0 Å². The molecule has 2 heterocycles. The van der Waals surface area contributed by atoms with Gasteiger partial charge in [0.25, 0.3) is 5.89 Å². The van der Waals surface area contributed by atoms with Crippen LogP contribution >= 0.6 is 27.5 Å². The maximum Gasteiger partial charge on any atom is 0.259 e. The highest BCUT2D eigenvalue weighted by atomic mass is 79.9. The molecule has 1 aromatic heterocycles. The van der Waals surface area contributed by atoms with Crippen molar-refractivity contribution >= 4 is 27.5 Å². The summed E-state index contributed by atoms with van der Waals surface area (Å²) in [5.74, 6) is 1.16. The van der Waals surface area contributed by atoms with Gasteiger partial charge in [0.15, 0.2) is 5.82 Å². The van der Waals surface area contributed by atoms with E-state index in [1.165, 1.54) is 0 Å². The van der Waals surface area contributed by atoms with Crippen molar-refractivity contribution in [3.63, 3.8) is 0 Å². The first kappa shape index (κ1) is 15.0. The van der Waals surface area contributed by atoms with Gasteiger partial charge in [0.2, 0.25) is 0 Å². The molecule has 0 spiro atoms. The highest BCUT2D eigenvalue weighted by molar-refractivity contribution is 9.10. The van der Waals surface area contributed by atoms with E-state index in [1.807, 2.05) is 18.2 Å². The van der Waals surface area contributed by atoms with Gasteiger partial charge in [0, 0.05) is 30.7 Å². The van der Waals surface area contributed by atoms with Gasteiger partial charge in [-0.2, -0.15) is 4.98 Å². The van der Waals surface area contributed by atoms with Crippen LogP contribution in [0.4, 0.5) is 0 Å². The van der Waals surface area contributed by atoms with Crippen molar-refractivity contribution < 1.29 is 4.52 Å². The van der Waals surface area contributed by atoms with E-state index in [2.05, 4.69) is 43.2 Å². The third-order valence-electron chi connectivity index (χ3n) is 3.68. The number of piperazine rings is 1. The van der Waals surface area contributed by atoms with Crippen molar-refractivity contribution in [3.8, 4) is 11.5 Å². The molecule has 2 aromatic rings. The maximum atomic E-state index is 6.23. The number of aromatic nitrogens is 2. The van der Waals surface area contributed by atoms with E-state index < -0.39 is 0 Å². The van der Waals surface area contributed by atoms with E-state index >= 15 is 0 Å². The Labute approximate surface area is 136 Å². The smallest absolute Gasteiger partial charge is 0.259 e. The predicted octanol–water partition coefficient (Wildman–Crippen LogP) is 3.12. The van der Waals surface area contributed by atoms with Crippen LogP contribution in [0.1, 0.15) is 18.8 Å². The van der Waals surface area contributed by atoms with Crippen LogP contribution in [0.2, 0.25) is 5.02 Å². The van der Waals surface area contributed by atoms with Gasteiger partial charge in [-0.15, -0.1) is 0 Å². The Balaban J connectivity index is 1.82. The second kappa shape index (κ2) is 6.44. The molecule has 1 aromatic carbocycles. The molecule has 1 atom stereocenters. The van der Waals surface area contributed by atoms with E-state index in [0.717, 1.165) is 36.2 Å². The molecule has 1 saturated heterocycles. The lowest BCUT2D eigenvalue weighted by molar-refractivity contribution is 0.176. The molecule has 1 unspecified atom stereocenters. The molecule has 1 N–H and O–H groups in total. The molecule has 0 radical (unpaired) electrons. The van der Waals surface area contributed by atoms with Crippen LogP contribution in [0, 0.1) is 0 Å². The number of rotatable bonds is 3. The SMILES string of the molecule is CC(c1noc(-c2ccc(Br)cc2Cl)n1)N1CCNCC1. The van der Waals surface area contributed by atoms with Crippen LogP contribution in [0.15, 0.2) is 27.2 Å². The van der Waals surface area contributed by atoms with Crippen molar-refractivity contribution in [2.24, 2.45) is 0 Å². The lowest BCUT2D eigenvalue weighted by atomic mass is 10.2. The fraction of sp³-hybridized carbons (Fsp3) is 0.429. The van der Waals surface area contributed by atoms with Gasteiger partial charge in [-0.25, -0.2) is 0 Å². The number of nitrogens with zero attached hydrogens (tertiary/aromatic N) is 3. The van der Waals surface area contributed by atoms with Crippen LogP contribution in [0.3, 0.4) is 0 Å². The first-order chi connectivity index (χ1) is 10.1. The third kappa shape index (κ3) is 3.29. The molecule has 0 saturated carbocycles. The van der Waals surface area contributed by atoms with E-state index in [4.69, 9.17) is 16.1 Å². The summed E-state index contributed by atoms with van der Waals surface area (Å²) >= 11 is 9.61. The van der Waals surface area contributed by atoms with Crippen LogP contribution < -0.4 is 5.32 Å². The molecule has 0 aliphatic carbocycles. The number of halogens is 2. The molecule has 1 fully saturated rings.